The SMILES string of the molecule is CO[C@H]1O[C@H](CO[C@H]2O[C@H](COC(=O)c3ccccc3)[C@@H](OC(=O)c3ccccc3)[C@H](OC(=O)c3ccccc3)[C@@H]2OC(=O)c2ccccc2)[C@@H](OC(=O)c2ccccc2)[C@H](OC2O[C@H](COCc3ccccc3)[C@@H](OCc3ccccc3)[C@H](OCc3ccccc3)[C@@H]2OCc2ccccc2)[C@@H]1OC(=O)c1ccccc1. The third kappa shape index (κ3) is 21.0. The van der Waals surface area contributed by atoms with Gasteiger partial charge in [0.15, 0.2) is 49.4 Å². The molecular weight excluding hydrogens is 1420 g/mol. The maximum absolute atomic E-state index is 15.3. The number of carbonyl (C=O) groups is 6. The number of methoxy groups -OCH3 is 1. The molecule has 22 heteroatoms. The van der Waals surface area contributed by atoms with Gasteiger partial charge in [-0.1, -0.05) is 231 Å². The fourth-order valence-electron chi connectivity index (χ4n) is 13.0. The van der Waals surface area contributed by atoms with E-state index in [1.165, 1.54) is 67.8 Å². The van der Waals surface area contributed by atoms with Crippen molar-refractivity contribution in [2.24, 2.45) is 0 Å². The van der Waals surface area contributed by atoms with Crippen molar-refractivity contribution < 1.29 is 105 Å². The van der Waals surface area contributed by atoms with Crippen LogP contribution in [0.4, 0.5) is 0 Å². The smallest absolute Gasteiger partial charge is 0.338 e. The van der Waals surface area contributed by atoms with Gasteiger partial charge in [0, 0.05) is 7.11 Å². The van der Waals surface area contributed by atoms with Crippen molar-refractivity contribution in [2.75, 3.05) is 26.9 Å². The molecule has 570 valence electrons. The zero-order valence-corrected chi connectivity index (χ0v) is 60.5. The molecule has 22 nitrogen and oxygen atoms in total. The fraction of sp³-hybridized carbons (Fsp3) is 0.258. The van der Waals surface area contributed by atoms with Gasteiger partial charge in [-0.3, -0.25) is 0 Å². The predicted molar refractivity (Wildman–Crippen MR) is 400 cm³/mol. The Balaban J connectivity index is 0.935. The number of hydrogen-bond acceptors (Lipinski definition) is 22. The average molecular weight is 1500 g/mol. The lowest BCUT2D eigenvalue weighted by Gasteiger charge is -2.50. The summed E-state index contributed by atoms with van der Waals surface area (Å²) in [5.74, 6) is -5.47. The zero-order valence-electron chi connectivity index (χ0n) is 60.5. The van der Waals surface area contributed by atoms with E-state index in [0.29, 0.717) is 0 Å². The minimum Gasteiger partial charge on any atom is -0.459 e. The highest BCUT2D eigenvalue weighted by atomic mass is 16.8. The van der Waals surface area contributed by atoms with Gasteiger partial charge >= 0.3 is 35.8 Å². The van der Waals surface area contributed by atoms with Gasteiger partial charge in [0.1, 0.15) is 49.3 Å². The molecule has 13 rings (SSSR count). The van der Waals surface area contributed by atoms with Gasteiger partial charge < -0.3 is 75.8 Å². The van der Waals surface area contributed by atoms with Gasteiger partial charge in [-0.15, -0.1) is 0 Å². The highest BCUT2D eigenvalue weighted by Gasteiger charge is 2.59. The lowest BCUT2D eigenvalue weighted by Crippen LogP contribution is -2.67. The Kier molecular flexibility index (Phi) is 27.5. The summed E-state index contributed by atoms with van der Waals surface area (Å²) in [6.07, 6.45) is -23.5. The van der Waals surface area contributed by atoms with E-state index in [2.05, 4.69) is 0 Å². The predicted octanol–water partition coefficient (Wildman–Crippen LogP) is 13.2. The van der Waals surface area contributed by atoms with Crippen LogP contribution in [0.15, 0.2) is 303 Å². The van der Waals surface area contributed by atoms with Gasteiger partial charge in [0.05, 0.1) is 73.0 Å². The molecule has 3 heterocycles. The minimum absolute atomic E-state index is 0.0337. The fourth-order valence-corrected chi connectivity index (χ4v) is 13.0. The zero-order chi connectivity index (χ0) is 76.5. The molecule has 1 unspecified atom stereocenters. The van der Waals surface area contributed by atoms with E-state index in [9.17, 15) is 24.0 Å². The molecule has 3 aliphatic heterocycles. The topological polar surface area (TPSA) is 250 Å². The normalized spacial score (nSPS) is 23.5. The van der Waals surface area contributed by atoms with Crippen molar-refractivity contribution in [1.82, 2.24) is 0 Å². The summed E-state index contributed by atoms with van der Waals surface area (Å²) in [7, 11) is 1.30. The number of ether oxygens (including phenoxy) is 16. The van der Waals surface area contributed by atoms with Crippen LogP contribution in [0.2, 0.25) is 0 Å². The molecule has 0 aromatic heterocycles. The van der Waals surface area contributed by atoms with Gasteiger partial charge in [-0.05, 0) is 95.1 Å². The standard InChI is InChI=1S/C89H82O22/c1-96-87-79(109-85(94)67-48-28-10-29-49-67)77(111-89-78(100-55-62-38-18-5-19-39-62)75(99-54-61-36-16-4-17-37-61)72(98-53-60-34-14-3-15-35-60)69(105-89)56-97-52-59-32-12-2-13-33-59)74(107-83(92)65-44-24-8-25-45-65)71(103-87)58-102-88-80(110-86(95)68-50-30-11-31-51-68)76(108-84(93)66-46-26-9-27-47-66)73(106-82(91)64-42-22-7-23-43-64)70(104-88)57-101-81(90)63-40-20-6-21-41-63/h2-51,69-80,87-89H,52-58H2,1H3/t69-,70-,71-,72-,73-,74-,75+,76+,77+,78+,79+,80+,87+,88+,89?/m1/s1. The maximum atomic E-state index is 15.3. The Morgan fingerprint density at radius 1 is 0.252 bits per heavy atom. The first-order valence-electron chi connectivity index (χ1n) is 36.4. The molecule has 0 N–H and O–H groups in total. The molecule has 0 aliphatic carbocycles. The minimum atomic E-state index is -1.93. The van der Waals surface area contributed by atoms with E-state index < -0.39 is 141 Å². The highest BCUT2D eigenvalue weighted by Crippen LogP contribution is 2.39. The molecule has 3 saturated heterocycles. The average Bonchev–Trinajstić information content (AvgIpc) is 0.767. The Bertz CT molecular complexity index is 4540. The second-order valence-electron chi connectivity index (χ2n) is 26.2. The van der Waals surface area contributed by atoms with Crippen molar-refractivity contribution in [1.29, 1.82) is 0 Å². The Hall–Kier alpha value is -11.4. The molecule has 10 aromatic carbocycles. The molecule has 111 heavy (non-hydrogen) atoms. The van der Waals surface area contributed by atoms with Gasteiger partial charge in [0.25, 0.3) is 0 Å². The molecule has 0 bridgehead atoms. The van der Waals surface area contributed by atoms with E-state index in [0.717, 1.165) is 22.3 Å². The van der Waals surface area contributed by atoms with E-state index >= 15 is 4.79 Å². The van der Waals surface area contributed by atoms with Gasteiger partial charge in [-0.25, -0.2) is 28.8 Å². The van der Waals surface area contributed by atoms with Crippen LogP contribution in [-0.4, -0.2) is 155 Å². The molecule has 0 saturated carbocycles. The molecule has 0 radical (unpaired) electrons. The summed E-state index contributed by atoms with van der Waals surface area (Å²) < 4.78 is 108. The first-order chi connectivity index (χ1) is 54.5. The van der Waals surface area contributed by atoms with Crippen LogP contribution in [-0.2, 0) is 102 Å². The first-order valence-corrected chi connectivity index (χ1v) is 36.4. The van der Waals surface area contributed by atoms with Crippen molar-refractivity contribution >= 4 is 35.8 Å². The van der Waals surface area contributed by atoms with Crippen molar-refractivity contribution in [3.8, 4) is 0 Å². The molecule has 3 fully saturated rings. The summed E-state index contributed by atoms with van der Waals surface area (Å²) in [6.45, 7) is -1.34. The summed E-state index contributed by atoms with van der Waals surface area (Å²) in [4.78, 5) is 88.3. The lowest BCUT2D eigenvalue weighted by molar-refractivity contribution is -0.372. The van der Waals surface area contributed by atoms with Gasteiger partial charge in [-0.2, -0.15) is 0 Å². The number of esters is 6. The summed E-state index contributed by atoms with van der Waals surface area (Å²) in [5.41, 5.74) is 3.74. The van der Waals surface area contributed by atoms with E-state index in [-0.39, 0.29) is 66.4 Å². The molecule has 0 amide bonds. The highest BCUT2D eigenvalue weighted by molar-refractivity contribution is 5.92. The number of rotatable bonds is 32. The van der Waals surface area contributed by atoms with E-state index in [1.54, 1.807) is 121 Å². The van der Waals surface area contributed by atoms with Gasteiger partial charge in [0.2, 0.25) is 0 Å². The summed E-state index contributed by atoms with van der Waals surface area (Å²) in [6, 6.07) is 86.0. The number of hydrogen-bond donors (Lipinski definition) is 0. The van der Waals surface area contributed by atoms with Crippen LogP contribution in [0.3, 0.4) is 0 Å². The molecule has 15 atom stereocenters. The van der Waals surface area contributed by atoms with E-state index in [4.69, 9.17) is 75.8 Å². The van der Waals surface area contributed by atoms with E-state index in [1.807, 2.05) is 121 Å². The van der Waals surface area contributed by atoms with Crippen molar-refractivity contribution in [2.45, 2.75) is 119 Å². The lowest BCUT2D eigenvalue weighted by atomic mass is 9.95. The van der Waals surface area contributed by atoms with Crippen LogP contribution in [0, 0.1) is 0 Å². The van der Waals surface area contributed by atoms with Crippen LogP contribution in [0.25, 0.3) is 0 Å². The second-order valence-corrected chi connectivity index (χ2v) is 26.2. The Labute approximate surface area is 641 Å². The quantitative estimate of drug-likeness (QED) is 0.0281. The molecule has 0 spiro atoms. The number of carbonyl (C=O) groups excluding carboxylic acids is 6. The molecule has 3 aliphatic rings. The Morgan fingerprint density at radius 3 is 0.937 bits per heavy atom. The third-order valence-corrected chi connectivity index (χ3v) is 18.6. The largest absolute Gasteiger partial charge is 0.459 e. The summed E-state index contributed by atoms with van der Waals surface area (Å²) in [5, 5.41) is 0. The summed E-state index contributed by atoms with van der Waals surface area (Å²) >= 11 is 0. The Morgan fingerprint density at radius 2 is 0.541 bits per heavy atom. The maximum Gasteiger partial charge on any atom is 0.338 e. The van der Waals surface area contributed by atoms with Crippen molar-refractivity contribution in [3.05, 3.63) is 359 Å². The van der Waals surface area contributed by atoms with Crippen LogP contribution >= 0.6 is 0 Å². The molecular formula is C89H82O22. The van der Waals surface area contributed by atoms with Crippen LogP contribution < -0.4 is 0 Å². The van der Waals surface area contributed by atoms with Crippen LogP contribution in [0.5, 0.6) is 0 Å². The van der Waals surface area contributed by atoms with Crippen molar-refractivity contribution in [3.63, 3.8) is 0 Å². The molecule has 10 aromatic rings. The first kappa shape index (κ1) is 77.8. The second kappa shape index (κ2) is 39.3. The third-order valence-electron chi connectivity index (χ3n) is 18.6. The van der Waals surface area contributed by atoms with Crippen LogP contribution in [0.1, 0.15) is 84.4 Å². The monoisotopic (exact) mass is 1500 g/mol. The number of benzene rings is 10.